The molecule has 1 aliphatic heterocycles. The van der Waals surface area contributed by atoms with Crippen molar-refractivity contribution in [3.8, 4) is 17.2 Å². The van der Waals surface area contributed by atoms with Crippen LogP contribution in [0.4, 0.5) is 17.5 Å². The number of methoxy groups -OCH3 is 3. The second-order valence-electron chi connectivity index (χ2n) is 9.20. The van der Waals surface area contributed by atoms with E-state index in [0.717, 1.165) is 36.2 Å². The first-order chi connectivity index (χ1) is 18.4. The predicted octanol–water partition coefficient (Wildman–Crippen LogP) is 3.54. The smallest absolute Gasteiger partial charge is 0.354 e. The summed E-state index contributed by atoms with van der Waals surface area (Å²) in [5.74, 6) is 1.17. The van der Waals surface area contributed by atoms with Gasteiger partial charge in [0, 0.05) is 42.4 Å². The fraction of sp³-hybridized carbons (Fsp3) is 0.370. The molecule has 0 amide bonds. The monoisotopic (exact) mass is 519 g/mol. The van der Waals surface area contributed by atoms with E-state index in [9.17, 15) is 14.7 Å². The van der Waals surface area contributed by atoms with Crippen LogP contribution in [0.3, 0.4) is 0 Å². The molecule has 0 spiro atoms. The normalized spacial score (nSPS) is 16.2. The number of aromatic carboxylic acids is 1. The Bertz CT molecular complexity index is 1370. The number of hydrogen-bond acceptors (Lipinski definition) is 10. The summed E-state index contributed by atoms with van der Waals surface area (Å²) in [5, 5.41) is 12.6. The van der Waals surface area contributed by atoms with Crippen molar-refractivity contribution >= 4 is 29.2 Å². The summed E-state index contributed by atoms with van der Waals surface area (Å²) in [5.41, 5.74) is 2.82. The van der Waals surface area contributed by atoms with Gasteiger partial charge in [-0.3, -0.25) is 4.79 Å². The zero-order valence-corrected chi connectivity index (χ0v) is 21.5. The molecule has 0 bridgehead atoms. The molecule has 2 aliphatic rings. The van der Waals surface area contributed by atoms with Gasteiger partial charge in [0.05, 0.1) is 27.0 Å². The van der Waals surface area contributed by atoms with Crippen molar-refractivity contribution in [2.24, 2.45) is 5.92 Å². The topological polar surface area (TPSA) is 136 Å². The minimum Gasteiger partial charge on any atom is -0.493 e. The lowest BCUT2D eigenvalue weighted by Gasteiger charge is -2.20. The number of nitrogens with zero attached hydrogens (tertiary/aromatic N) is 4. The van der Waals surface area contributed by atoms with Crippen LogP contribution >= 0.6 is 0 Å². The third kappa shape index (κ3) is 4.79. The molecule has 0 saturated carbocycles. The molecule has 11 heteroatoms. The van der Waals surface area contributed by atoms with E-state index < -0.39 is 5.97 Å². The molecule has 2 aromatic heterocycles. The van der Waals surface area contributed by atoms with Crippen molar-refractivity contribution in [1.82, 2.24) is 15.0 Å². The van der Waals surface area contributed by atoms with Crippen molar-refractivity contribution in [1.29, 1.82) is 0 Å². The minimum atomic E-state index is -1.16. The number of carbonyl (C=O) groups excluding carboxylic acids is 1. The molecule has 3 heterocycles. The zero-order valence-electron chi connectivity index (χ0n) is 21.5. The van der Waals surface area contributed by atoms with Gasteiger partial charge >= 0.3 is 5.97 Å². The number of pyridine rings is 1. The van der Waals surface area contributed by atoms with Crippen LogP contribution in [0.15, 0.2) is 30.3 Å². The van der Waals surface area contributed by atoms with Crippen LogP contribution in [0.5, 0.6) is 17.2 Å². The lowest BCUT2D eigenvalue weighted by molar-refractivity contribution is 0.0690. The summed E-state index contributed by atoms with van der Waals surface area (Å²) in [7, 11) is 4.70. The highest BCUT2D eigenvalue weighted by Gasteiger charge is 2.32. The Kier molecular flexibility index (Phi) is 6.99. The van der Waals surface area contributed by atoms with Crippen LogP contribution in [0.2, 0.25) is 0 Å². The molecule has 11 nitrogen and oxygen atoms in total. The Balaban J connectivity index is 1.40. The first-order valence-electron chi connectivity index (χ1n) is 12.4. The molecule has 1 aromatic carbocycles. The van der Waals surface area contributed by atoms with Crippen molar-refractivity contribution in [2.75, 3.05) is 44.6 Å². The molecule has 1 atom stereocenters. The number of aromatic nitrogens is 3. The van der Waals surface area contributed by atoms with Gasteiger partial charge in [0.15, 0.2) is 17.3 Å². The van der Waals surface area contributed by atoms with Gasteiger partial charge in [0.2, 0.25) is 11.7 Å². The maximum absolute atomic E-state index is 13.1. The van der Waals surface area contributed by atoms with Crippen LogP contribution in [-0.2, 0) is 12.8 Å². The van der Waals surface area contributed by atoms with Crippen molar-refractivity contribution < 1.29 is 28.9 Å². The van der Waals surface area contributed by atoms with Gasteiger partial charge < -0.3 is 29.5 Å². The fourth-order valence-corrected chi connectivity index (χ4v) is 5.01. The number of hydrogen-bond donors (Lipinski definition) is 2. The summed E-state index contributed by atoms with van der Waals surface area (Å²) in [4.78, 5) is 40.1. The summed E-state index contributed by atoms with van der Waals surface area (Å²) in [6, 6.07) is 8.13. The third-order valence-electron chi connectivity index (χ3n) is 6.91. The SMILES string of the molecule is COc1cc(Nc2nc(N3CCC(C(=O)c4cccc(C(=O)O)n4)C3)nc3c2CCC3)cc(OC)c1OC. The number of carboxylic acid groups (broad SMARTS) is 1. The minimum absolute atomic E-state index is 0.143. The second-order valence-corrected chi connectivity index (χ2v) is 9.20. The van der Waals surface area contributed by atoms with Gasteiger partial charge in [-0.2, -0.15) is 4.98 Å². The second kappa shape index (κ2) is 10.5. The van der Waals surface area contributed by atoms with Crippen LogP contribution in [0.1, 0.15) is 45.1 Å². The Morgan fingerprint density at radius 1 is 1.00 bits per heavy atom. The molecule has 1 unspecified atom stereocenters. The molecular weight excluding hydrogens is 490 g/mol. The van der Waals surface area contributed by atoms with Gasteiger partial charge in [0.1, 0.15) is 17.2 Å². The van der Waals surface area contributed by atoms with Crippen molar-refractivity contribution in [2.45, 2.75) is 25.7 Å². The van der Waals surface area contributed by atoms with E-state index in [2.05, 4.69) is 10.3 Å². The summed E-state index contributed by atoms with van der Waals surface area (Å²) in [6.07, 6.45) is 3.32. The maximum atomic E-state index is 13.1. The van der Waals surface area contributed by atoms with Gasteiger partial charge in [-0.05, 0) is 37.8 Å². The number of aryl methyl sites for hydroxylation is 1. The number of carboxylic acids is 1. The third-order valence-corrected chi connectivity index (χ3v) is 6.91. The summed E-state index contributed by atoms with van der Waals surface area (Å²) in [6.45, 7) is 1.04. The average Bonchev–Trinajstić information content (AvgIpc) is 3.62. The molecule has 38 heavy (non-hydrogen) atoms. The van der Waals surface area contributed by atoms with E-state index in [0.29, 0.717) is 48.5 Å². The highest BCUT2D eigenvalue weighted by molar-refractivity contribution is 5.98. The van der Waals surface area contributed by atoms with Gasteiger partial charge in [-0.15, -0.1) is 0 Å². The van der Waals surface area contributed by atoms with E-state index in [1.165, 1.54) is 6.07 Å². The van der Waals surface area contributed by atoms with E-state index in [1.807, 2.05) is 17.0 Å². The highest BCUT2D eigenvalue weighted by atomic mass is 16.5. The number of fused-ring (bicyclic) bond motifs is 1. The summed E-state index contributed by atoms with van der Waals surface area (Å²) >= 11 is 0. The molecule has 5 rings (SSSR count). The van der Waals surface area contributed by atoms with E-state index in [4.69, 9.17) is 24.2 Å². The molecule has 1 fully saturated rings. The average molecular weight is 520 g/mol. The number of ether oxygens (including phenoxy) is 3. The number of carbonyl (C=O) groups is 2. The lowest BCUT2D eigenvalue weighted by Crippen LogP contribution is -2.26. The predicted molar refractivity (Wildman–Crippen MR) is 139 cm³/mol. The van der Waals surface area contributed by atoms with Gasteiger partial charge in [-0.25, -0.2) is 14.8 Å². The quantitative estimate of drug-likeness (QED) is 0.402. The number of ketones is 1. The van der Waals surface area contributed by atoms with Crippen molar-refractivity contribution in [3.05, 3.63) is 53.0 Å². The van der Waals surface area contributed by atoms with Crippen LogP contribution in [0, 0.1) is 5.92 Å². The van der Waals surface area contributed by atoms with Crippen LogP contribution < -0.4 is 24.4 Å². The Morgan fingerprint density at radius 2 is 1.74 bits per heavy atom. The number of Topliss-reactive ketones (excluding diaryl/α,β-unsaturated/α-hetero) is 1. The lowest BCUT2D eigenvalue weighted by atomic mass is 10.0. The molecule has 1 saturated heterocycles. The largest absolute Gasteiger partial charge is 0.493 e. The molecule has 198 valence electrons. The van der Waals surface area contributed by atoms with E-state index >= 15 is 0 Å². The number of benzene rings is 1. The van der Waals surface area contributed by atoms with Gasteiger partial charge in [-0.1, -0.05) is 6.07 Å². The van der Waals surface area contributed by atoms with Crippen LogP contribution in [-0.4, -0.2) is 66.2 Å². The first kappa shape index (κ1) is 25.2. The van der Waals surface area contributed by atoms with Gasteiger partial charge in [0.25, 0.3) is 0 Å². The molecule has 1 aliphatic carbocycles. The van der Waals surface area contributed by atoms with Crippen molar-refractivity contribution in [3.63, 3.8) is 0 Å². The Hall–Kier alpha value is -4.41. The van der Waals surface area contributed by atoms with Crippen LogP contribution in [0.25, 0.3) is 0 Å². The standard InChI is InChI=1S/C27H29N5O6/c1-36-21-12-16(13-22(37-2)24(21)38-3)28-25-17-6-4-7-18(17)30-27(31-25)32-11-10-15(14-32)23(33)19-8-5-9-20(29-19)26(34)35/h5,8-9,12-13,15H,4,6-7,10-11,14H2,1-3H3,(H,34,35)(H,28,30,31). The number of anilines is 3. The van der Waals surface area contributed by atoms with E-state index in [1.54, 1.807) is 33.5 Å². The Morgan fingerprint density at radius 3 is 2.42 bits per heavy atom. The summed E-state index contributed by atoms with van der Waals surface area (Å²) < 4.78 is 16.4. The Labute approximate surface area is 219 Å². The number of rotatable bonds is 9. The van der Waals surface area contributed by atoms with E-state index in [-0.39, 0.29) is 23.1 Å². The fourth-order valence-electron chi connectivity index (χ4n) is 5.01. The molecular formula is C27H29N5O6. The molecule has 2 N–H and O–H groups in total. The number of nitrogens with one attached hydrogen (secondary N) is 1. The zero-order chi connectivity index (χ0) is 26.8. The maximum Gasteiger partial charge on any atom is 0.354 e. The molecule has 3 aromatic rings. The molecule has 0 radical (unpaired) electrons. The highest BCUT2D eigenvalue weighted by Crippen LogP contribution is 2.41. The first-order valence-corrected chi connectivity index (χ1v) is 12.4.